The van der Waals surface area contributed by atoms with E-state index in [9.17, 15) is 4.79 Å². The van der Waals surface area contributed by atoms with Gasteiger partial charge in [-0.3, -0.25) is 4.79 Å². The van der Waals surface area contributed by atoms with E-state index in [0.29, 0.717) is 37.1 Å². The summed E-state index contributed by atoms with van der Waals surface area (Å²) in [5.41, 5.74) is 16.5. The molecule has 4 rings (SSSR count). The van der Waals surface area contributed by atoms with E-state index in [1.54, 1.807) is 4.90 Å². The van der Waals surface area contributed by atoms with Crippen molar-refractivity contribution >= 4 is 28.6 Å². The quantitative estimate of drug-likeness (QED) is 0.102. The molecule has 4 aromatic rings. The summed E-state index contributed by atoms with van der Waals surface area (Å²) in [4.78, 5) is 20.1. The highest BCUT2D eigenvalue weighted by Crippen LogP contribution is 2.20. The predicted octanol–water partition coefficient (Wildman–Crippen LogP) is 3.27. The second kappa shape index (κ2) is 12.6. The molecule has 0 aliphatic heterocycles. The summed E-state index contributed by atoms with van der Waals surface area (Å²) in [5.74, 6) is 0.933. The third kappa shape index (κ3) is 6.72. The molecule has 0 bridgehead atoms. The Morgan fingerprint density at radius 2 is 1.56 bits per heavy atom. The average molecular weight is 528 g/mol. The van der Waals surface area contributed by atoms with Gasteiger partial charge in [-0.05, 0) is 42.2 Å². The molecule has 0 fully saturated rings. The van der Waals surface area contributed by atoms with Crippen molar-refractivity contribution in [3.8, 4) is 0 Å². The molecule has 6 N–H and O–H groups in total. The van der Waals surface area contributed by atoms with Gasteiger partial charge in [0, 0.05) is 44.1 Å². The molecule has 0 atom stereocenters. The van der Waals surface area contributed by atoms with Crippen LogP contribution in [0.3, 0.4) is 0 Å². The molecule has 1 amide bonds. The number of carbonyl (C=O) groups is 1. The van der Waals surface area contributed by atoms with Crippen LogP contribution >= 0.6 is 0 Å². The molecule has 10 heteroatoms. The molecule has 0 unspecified atom stereocenters. The Bertz CT molecular complexity index is 1480. The lowest BCUT2D eigenvalue weighted by molar-refractivity contribution is 0.0761. The Morgan fingerprint density at radius 1 is 0.872 bits per heavy atom. The van der Waals surface area contributed by atoms with Gasteiger partial charge in [0.25, 0.3) is 5.91 Å². The summed E-state index contributed by atoms with van der Waals surface area (Å²) in [6, 6.07) is 23.1. The number of aromatic nitrogens is 2. The summed E-state index contributed by atoms with van der Waals surface area (Å²) in [5, 5.41) is 23.9. The van der Waals surface area contributed by atoms with Crippen LogP contribution in [0.2, 0.25) is 0 Å². The van der Waals surface area contributed by atoms with Crippen molar-refractivity contribution in [2.24, 2.45) is 28.8 Å². The Balaban J connectivity index is 1.49. The number of benzene rings is 3. The predicted molar refractivity (Wildman–Crippen MR) is 151 cm³/mol. The third-order valence-corrected chi connectivity index (χ3v) is 6.78. The molecular formula is C29H33N7O3. The molecule has 0 aliphatic rings. The van der Waals surface area contributed by atoms with Crippen LogP contribution in [0, 0.1) is 0 Å². The Morgan fingerprint density at radius 3 is 2.26 bits per heavy atom. The zero-order valence-electron chi connectivity index (χ0n) is 21.9. The maximum absolute atomic E-state index is 13.5. The van der Waals surface area contributed by atoms with Crippen molar-refractivity contribution in [1.82, 2.24) is 14.5 Å². The highest BCUT2D eigenvalue weighted by molar-refractivity contribution is 5.98. The van der Waals surface area contributed by atoms with Crippen molar-refractivity contribution in [2.45, 2.75) is 25.7 Å². The number of amides is 1. The van der Waals surface area contributed by atoms with Gasteiger partial charge in [-0.1, -0.05) is 64.9 Å². The van der Waals surface area contributed by atoms with E-state index in [-0.39, 0.29) is 24.0 Å². The minimum atomic E-state index is -0.128. The number of aryl methyl sites for hydroxylation is 3. The third-order valence-electron chi connectivity index (χ3n) is 6.78. The van der Waals surface area contributed by atoms with Crippen LogP contribution in [-0.4, -0.2) is 55.5 Å². The average Bonchev–Trinajstić information content (AvgIpc) is 3.30. The molecule has 10 nitrogen and oxygen atoms in total. The lowest BCUT2D eigenvalue weighted by Crippen LogP contribution is -2.35. The van der Waals surface area contributed by atoms with E-state index >= 15 is 0 Å². The molecule has 0 saturated heterocycles. The zero-order chi connectivity index (χ0) is 27.8. The normalized spacial score (nSPS) is 12.1. The Labute approximate surface area is 226 Å². The van der Waals surface area contributed by atoms with Gasteiger partial charge in [0.05, 0.1) is 11.0 Å². The first-order valence-electron chi connectivity index (χ1n) is 12.7. The molecule has 39 heavy (non-hydrogen) atoms. The number of hydrogen-bond donors (Lipinski definition) is 4. The van der Waals surface area contributed by atoms with E-state index in [2.05, 4.69) is 10.3 Å². The maximum atomic E-state index is 13.5. The second-order valence-electron chi connectivity index (χ2n) is 9.34. The summed E-state index contributed by atoms with van der Waals surface area (Å²) in [6.45, 7) is 0.837. The van der Waals surface area contributed by atoms with Crippen molar-refractivity contribution in [2.75, 3.05) is 13.1 Å². The van der Waals surface area contributed by atoms with Gasteiger partial charge < -0.3 is 31.3 Å². The highest BCUT2D eigenvalue weighted by Gasteiger charge is 2.18. The largest absolute Gasteiger partial charge is 0.409 e. The molecule has 202 valence electrons. The van der Waals surface area contributed by atoms with Gasteiger partial charge in [-0.2, -0.15) is 0 Å². The van der Waals surface area contributed by atoms with Gasteiger partial charge in [0.2, 0.25) is 0 Å². The van der Waals surface area contributed by atoms with Crippen LogP contribution < -0.4 is 11.5 Å². The summed E-state index contributed by atoms with van der Waals surface area (Å²) < 4.78 is 2.04. The van der Waals surface area contributed by atoms with Crippen LogP contribution in [0.15, 0.2) is 83.1 Å². The van der Waals surface area contributed by atoms with Gasteiger partial charge >= 0.3 is 0 Å². The highest BCUT2D eigenvalue weighted by atomic mass is 16.4. The minimum Gasteiger partial charge on any atom is -0.409 e. The summed E-state index contributed by atoms with van der Waals surface area (Å²) in [7, 11) is 1.97. The fourth-order valence-electron chi connectivity index (χ4n) is 4.47. The smallest absolute Gasteiger partial charge is 0.253 e. The Kier molecular flexibility index (Phi) is 8.78. The standard InChI is InChI=1S/C29H33N7O3/c1-35-25-13-12-23(29(37)36(18-16-26(30)33-38)17-15-20-5-3-2-4-6-20)19-24(25)32-27(35)14-9-21-7-10-22(11-8-21)28(31)34-39/h2-8,10-13,19,38-39H,9,14-18H2,1H3,(H2,30,33)(H2,31,34). The van der Waals surface area contributed by atoms with Gasteiger partial charge in [-0.15, -0.1) is 0 Å². The lowest BCUT2D eigenvalue weighted by Gasteiger charge is -2.23. The van der Waals surface area contributed by atoms with Gasteiger partial charge in [0.15, 0.2) is 5.84 Å². The Hall–Kier alpha value is -4.86. The van der Waals surface area contributed by atoms with Crippen molar-refractivity contribution < 1.29 is 15.2 Å². The summed E-state index contributed by atoms with van der Waals surface area (Å²) in [6.07, 6.45) is 2.44. The van der Waals surface area contributed by atoms with E-state index in [4.69, 9.17) is 26.9 Å². The fraction of sp³-hybridized carbons (Fsp3) is 0.241. The molecule has 0 spiro atoms. The van der Waals surface area contributed by atoms with Crippen LogP contribution in [0.4, 0.5) is 0 Å². The van der Waals surface area contributed by atoms with Crippen molar-refractivity contribution in [3.05, 3.63) is 101 Å². The van der Waals surface area contributed by atoms with Gasteiger partial charge in [0.1, 0.15) is 11.7 Å². The molecule has 0 saturated carbocycles. The van der Waals surface area contributed by atoms with E-state index < -0.39 is 0 Å². The van der Waals surface area contributed by atoms with Crippen molar-refractivity contribution in [3.63, 3.8) is 0 Å². The number of amidine groups is 2. The first-order valence-corrected chi connectivity index (χ1v) is 12.7. The monoisotopic (exact) mass is 527 g/mol. The minimum absolute atomic E-state index is 0.0749. The van der Waals surface area contributed by atoms with Crippen LogP contribution in [0.5, 0.6) is 0 Å². The number of carbonyl (C=O) groups excluding carboxylic acids is 1. The SMILES string of the molecule is Cn1c(CCc2ccc(/C(N)=N\O)cc2)nc2cc(C(=O)N(CC/C(N)=N\O)CCc3ccccc3)ccc21. The van der Waals surface area contributed by atoms with Gasteiger partial charge in [-0.25, -0.2) is 4.98 Å². The number of oxime groups is 2. The molecule has 3 aromatic carbocycles. The number of hydrogen-bond acceptors (Lipinski definition) is 6. The maximum Gasteiger partial charge on any atom is 0.253 e. The fourth-order valence-corrected chi connectivity index (χ4v) is 4.47. The first-order chi connectivity index (χ1) is 18.9. The van der Waals surface area contributed by atoms with E-state index in [1.165, 1.54) is 0 Å². The van der Waals surface area contributed by atoms with Crippen LogP contribution in [-0.2, 0) is 26.3 Å². The number of fused-ring (bicyclic) bond motifs is 1. The molecule has 0 radical (unpaired) electrons. The number of rotatable bonds is 11. The number of nitrogens with zero attached hydrogens (tertiary/aromatic N) is 5. The van der Waals surface area contributed by atoms with Crippen LogP contribution in [0.25, 0.3) is 11.0 Å². The number of nitrogens with two attached hydrogens (primary N) is 2. The molecule has 1 aromatic heterocycles. The van der Waals surface area contributed by atoms with E-state index in [1.807, 2.05) is 84.4 Å². The molecular weight excluding hydrogens is 494 g/mol. The number of imidazole rings is 1. The van der Waals surface area contributed by atoms with Crippen molar-refractivity contribution in [1.29, 1.82) is 0 Å². The first kappa shape index (κ1) is 27.2. The molecule has 1 heterocycles. The summed E-state index contributed by atoms with van der Waals surface area (Å²) >= 11 is 0. The van der Waals surface area contributed by atoms with Crippen LogP contribution in [0.1, 0.15) is 39.3 Å². The zero-order valence-corrected chi connectivity index (χ0v) is 21.9. The lowest BCUT2D eigenvalue weighted by atomic mass is 10.1. The topological polar surface area (TPSA) is 155 Å². The molecule has 0 aliphatic carbocycles. The van der Waals surface area contributed by atoms with E-state index in [0.717, 1.165) is 34.4 Å². The second-order valence-corrected chi connectivity index (χ2v) is 9.34.